The number of hydrogen-bond acceptors (Lipinski definition) is 2. The van der Waals surface area contributed by atoms with Gasteiger partial charge in [-0.15, -0.1) is 11.6 Å². The third-order valence-electron chi connectivity index (χ3n) is 4.62. The molecule has 1 aromatic carbocycles. The van der Waals surface area contributed by atoms with Gasteiger partial charge in [0.15, 0.2) is 0 Å². The van der Waals surface area contributed by atoms with Gasteiger partial charge in [-0.3, -0.25) is 0 Å². The number of para-hydroxylation sites is 1. The molecule has 1 heterocycles. The smallest absolute Gasteiger partial charge is 0.111 e. The molecule has 2 nitrogen and oxygen atoms in total. The van der Waals surface area contributed by atoms with E-state index in [1.54, 1.807) is 0 Å². The molecule has 4 heteroatoms. The molecule has 0 radical (unpaired) electrons. The maximum atomic E-state index is 6.03. The highest BCUT2D eigenvalue weighted by Gasteiger charge is 2.29. The lowest BCUT2D eigenvalue weighted by Gasteiger charge is -2.33. The largest absolute Gasteiger partial charge is 0.324 e. The fourth-order valence-corrected chi connectivity index (χ4v) is 4.73. The van der Waals surface area contributed by atoms with Crippen LogP contribution in [-0.4, -0.2) is 26.9 Å². The minimum atomic E-state index is 0.568. The Balaban J connectivity index is 2.14. The van der Waals surface area contributed by atoms with E-state index in [1.807, 2.05) is 11.8 Å². The van der Waals surface area contributed by atoms with E-state index in [2.05, 4.69) is 35.9 Å². The van der Waals surface area contributed by atoms with E-state index in [-0.39, 0.29) is 0 Å². The summed E-state index contributed by atoms with van der Waals surface area (Å²) in [5.41, 5.74) is 3.71. The molecule has 0 amide bonds. The maximum absolute atomic E-state index is 6.03. The first-order valence-electron chi connectivity index (χ1n) is 7.81. The van der Waals surface area contributed by atoms with Crippen LogP contribution >= 0.6 is 23.4 Å². The van der Waals surface area contributed by atoms with Gasteiger partial charge in [0.2, 0.25) is 0 Å². The number of thioether (sulfide) groups is 1. The van der Waals surface area contributed by atoms with Crippen LogP contribution in [0.5, 0.6) is 0 Å². The number of fused-ring (bicyclic) bond motifs is 1. The van der Waals surface area contributed by atoms with E-state index in [4.69, 9.17) is 16.6 Å². The van der Waals surface area contributed by atoms with Crippen LogP contribution in [0.1, 0.15) is 43.1 Å². The minimum absolute atomic E-state index is 0.568. The Hall–Kier alpha value is -0.670. The molecule has 1 saturated carbocycles. The van der Waals surface area contributed by atoms with Crippen molar-refractivity contribution in [3.8, 4) is 0 Å². The molecule has 2 atom stereocenters. The number of aryl methyl sites for hydroxylation is 2. The van der Waals surface area contributed by atoms with E-state index in [0.717, 1.165) is 11.9 Å². The van der Waals surface area contributed by atoms with Crippen LogP contribution in [0, 0.1) is 6.92 Å². The number of imidazole rings is 1. The van der Waals surface area contributed by atoms with Crippen molar-refractivity contribution in [2.75, 3.05) is 12.1 Å². The van der Waals surface area contributed by atoms with Gasteiger partial charge in [-0.2, -0.15) is 11.8 Å². The monoisotopic (exact) mass is 322 g/mol. The van der Waals surface area contributed by atoms with E-state index in [9.17, 15) is 0 Å². The highest BCUT2D eigenvalue weighted by Crippen LogP contribution is 2.38. The molecule has 0 aliphatic heterocycles. The standard InChI is InChI=1S/C17H23ClN2S/c1-12-6-5-8-14-17(12)19-16(10-11-18)20(14)13-7-3-4-9-15(13)21-2/h5-6,8,13,15H,3-4,7,9-11H2,1-2H3. The second kappa shape index (κ2) is 6.62. The van der Waals surface area contributed by atoms with Gasteiger partial charge in [0.25, 0.3) is 0 Å². The van der Waals surface area contributed by atoms with Crippen LogP contribution in [0.2, 0.25) is 0 Å². The molecule has 0 saturated heterocycles. The SMILES string of the molecule is CSC1CCCCC1n1c(CCCl)nc2c(C)cccc21. The summed E-state index contributed by atoms with van der Waals surface area (Å²) in [7, 11) is 0. The molecule has 1 aliphatic carbocycles. The Morgan fingerprint density at radius 1 is 1.33 bits per heavy atom. The predicted molar refractivity (Wildman–Crippen MR) is 93.7 cm³/mol. The Morgan fingerprint density at radius 3 is 2.90 bits per heavy atom. The second-order valence-corrected chi connectivity index (χ2v) is 7.36. The third kappa shape index (κ3) is 2.83. The minimum Gasteiger partial charge on any atom is -0.324 e. The fourth-order valence-electron chi connectivity index (χ4n) is 3.58. The van der Waals surface area contributed by atoms with Gasteiger partial charge in [-0.1, -0.05) is 25.0 Å². The number of benzene rings is 1. The molecule has 0 bridgehead atoms. The lowest BCUT2D eigenvalue weighted by molar-refractivity contribution is 0.364. The lowest BCUT2D eigenvalue weighted by Crippen LogP contribution is -2.26. The summed E-state index contributed by atoms with van der Waals surface area (Å²) < 4.78 is 2.50. The number of rotatable bonds is 4. The summed E-state index contributed by atoms with van der Waals surface area (Å²) in [6, 6.07) is 7.09. The van der Waals surface area contributed by atoms with Crippen LogP contribution in [-0.2, 0) is 6.42 Å². The van der Waals surface area contributed by atoms with Crippen molar-refractivity contribution in [1.82, 2.24) is 9.55 Å². The zero-order chi connectivity index (χ0) is 14.8. The Labute approximate surface area is 136 Å². The summed E-state index contributed by atoms with van der Waals surface area (Å²) >= 11 is 8.04. The van der Waals surface area contributed by atoms with Gasteiger partial charge in [0.1, 0.15) is 5.82 Å². The van der Waals surface area contributed by atoms with E-state index in [1.165, 1.54) is 42.6 Å². The summed E-state index contributed by atoms with van der Waals surface area (Å²) in [5, 5.41) is 0.700. The molecule has 0 spiro atoms. The van der Waals surface area contributed by atoms with Crippen LogP contribution in [0.25, 0.3) is 11.0 Å². The summed E-state index contributed by atoms with van der Waals surface area (Å²) in [5.74, 6) is 1.80. The van der Waals surface area contributed by atoms with Gasteiger partial charge < -0.3 is 4.57 Å². The number of halogens is 1. The van der Waals surface area contributed by atoms with Gasteiger partial charge in [-0.05, 0) is 37.7 Å². The number of alkyl halides is 1. The average Bonchev–Trinajstić information content (AvgIpc) is 2.87. The first-order valence-corrected chi connectivity index (χ1v) is 9.63. The quantitative estimate of drug-likeness (QED) is 0.739. The van der Waals surface area contributed by atoms with Crippen molar-refractivity contribution in [2.24, 2.45) is 0 Å². The summed E-state index contributed by atoms with van der Waals surface area (Å²) in [6.07, 6.45) is 8.37. The van der Waals surface area contributed by atoms with Crippen LogP contribution in [0.3, 0.4) is 0 Å². The zero-order valence-corrected chi connectivity index (χ0v) is 14.4. The molecule has 114 valence electrons. The first kappa shape index (κ1) is 15.2. The highest BCUT2D eigenvalue weighted by molar-refractivity contribution is 7.99. The van der Waals surface area contributed by atoms with Gasteiger partial charge in [0.05, 0.1) is 11.0 Å². The van der Waals surface area contributed by atoms with Crippen molar-refractivity contribution >= 4 is 34.4 Å². The Bertz CT molecular complexity index is 623. The first-order chi connectivity index (χ1) is 10.3. The fraction of sp³-hybridized carbons (Fsp3) is 0.588. The van der Waals surface area contributed by atoms with Crippen molar-refractivity contribution in [3.63, 3.8) is 0 Å². The molecule has 2 aromatic rings. The van der Waals surface area contributed by atoms with Crippen molar-refractivity contribution in [2.45, 2.75) is 50.3 Å². The zero-order valence-electron chi connectivity index (χ0n) is 12.8. The number of nitrogens with zero attached hydrogens (tertiary/aromatic N) is 2. The Kier molecular flexibility index (Phi) is 4.80. The van der Waals surface area contributed by atoms with Gasteiger partial charge in [0, 0.05) is 23.6 Å². The average molecular weight is 323 g/mol. The summed E-state index contributed by atoms with van der Waals surface area (Å²) in [4.78, 5) is 4.92. The van der Waals surface area contributed by atoms with Crippen LogP contribution in [0.15, 0.2) is 18.2 Å². The van der Waals surface area contributed by atoms with Crippen molar-refractivity contribution in [1.29, 1.82) is 0 Å². The maximum Gasteiger partial charge on any atom is 0.111 e. The summed E-state index contributed by atoms with van der Waals surface area (Å²) in [6.45, 7) is 2.15. The molecule has 3 rings (SSSR count). The number of hydrogen-bond donors (Lipinski definition) is 0. The molecule has 1 aliphatic rings. The molecule has 2 unspecified atom stereocenters. The van der Waals surface area contributed by atoms with Crippen LogP contribution in [0.4, 0.5) is 0 Å². The van der Waals surface area contributed by atoms with Gasteiger partial charge in [-0.25, -0.2) is 4.98 Å². The van der Waals surface area contributed by atoms with Gasteiger partial charge >= 0.3 is 0 Å². The van der Waals surface area contributed by atoms with Crippen molar-refractivity contribution in [3.05, 3.63) is 29.6 Å². The predicted octanol–water partition coefficient (Wildman–Crippen LogP) is 4.97. The lowest BCUT2D eigenvalue weighted by atomic mass is 9.94. The van der Waals surface area contributed by atoms with E-state index in [0.29, 0.717) is 17.2 Å². The third-order valence-corrected chi connectivity index (χ3v) is 5.96. The molecule has 1 fully saturated rings. The van der Waals surface area contributed by atoms with Crippen LogP contribution < -0.4 is 0 Å². The Morgan fingerprint density at radius 2 is 2.14 bits per heavy atom. The van der Waals surface area contributed by atoms with E-state index >= 15 is 0 Å². The molecular formula is C17H23ClN2S. The normalized spacial score (nSPS) is 22.8. The number of aromatic nitrogens is 2. The molecule has 0 N–H and O–H groups in total. The van der Waals surface area contributed by atoms with E-state index < -0.39 is 0 Å². The van der Waals surface area contributed by atoms with Crippen molar-refractivity contribution < 1.29 is 0 Å². The highest BCUT2D eigenvalue weighted by atomic mass is 35.5. The second-order valence-electron chi connectivity index (χ2n) is 5.91. The molecule has 1 aromatic heterocycles. The molecular weight excluding hydrogens is 300 g/mol. The molecule has 21 heavy (non-hydrogen) atoms. The topological polar surface area (TPSA) is 17.8 Å².